The molecule has 2 aliphatic rings. The van der Waals surface area contributed by atoms with Crippen LogP contribution in [0, 0.1) is 12.8 Å². The summed E-state index contributed by atoms with van der Waals surface area (Å²) in [6.45, 7) is 2.67. The van der Waals surface area contributed by atoms with Crippen LogP contribution in [-0.2, 0) is 35.0 Å². The fourth-order valence-corrected chi connectivity index (χ4v) is 5.57. The molecule has 1 aliphatic heterocycles. The number of benzene rings is 2. The van der Waals surface area contributed by atoms with E-state index < -0.39 is 11.0 Å². The molecule has 0 saturated heterocycles. The molecule has 148 valence electrons. The van der Waals surface area contributed by atoms with Crippen LogP contribution in [0.1, 0.15) is 22.4 Å². The molecule has 1 amide bonds. The first-order valence-corrected chi connectivity index (χ1v) is 11.7. The lowest BCUT2D eigenvalue weighted by atomic mass is 10.0. The molecule has 0 radical (unpaired) electrons. The van der Waals surface area contributed by atoms with E-state index in [1.807, 2.05) is 17.9 Å². The number of aryl methyl sites for hydroxylation is 1. The fourth-order valence-electron chi connectivity index (χ4n) is 4.35. The van der Waals surface area contributed by atoms with Crippen LogP contribution in [0.25, 0.3) is 10.6 Å². The van der Waals surface area contributed by atoms with Gasteiger partial charge in [-0.1, -0.05) is 18.2 Å². The van der Waals surface area contributed by atoms with Crippen LogP contribution in [0.15, 0.2) is 46.7 Å². The van der Waals surface area contributed by atoms with Gasteiger partial charge in [0.2, 0.25) is 5.91 Å². The van der Waals surface area contributed by atoms with E-state index >= 15 is 0 Å². The van der Waals surface area contributed by atoms with Crippen molar-refractivity contribution in [2.24, 2.45) is 11.1 Å². The minimum Gasteiger partial charge on any atom is -0.312 e. The maximum Gasteiger partial charge on any atom is 0.230 e. The molecule has 2 atom stereocenters. The molecule has 3 aromatic rings. The summed E-state index contributed by atoms with van der Waals surface area (Å²) in [6.07, 6.45) is 2.34. The normalized spacial score (nSPS) is 18.6. The minimum absolute atomic E-state index is 0.0590. The van der Waals surface area contributed by atoms with Crippen molar-refractivity contribution in [2.75, 3.05) is 11.4 Å². The molecule has 1 aliphatic carbocycles. The zero-order chi connectivity index (χ0) is 20.1. The fraction of sp³-hybridized carbons (Fsp3) is 0.273. The van der Waals surface area contributed by atoms with Crippen LogP contribution in [0.3, 0.4) is 0 Å². The summed E-state index contributed by atoms with van der Waals surface area (Å²) in [6, 6.07) is 12.0. The van der Waals surface area contributed by atoms with E-state index in [1.54, 1.807) is 23.5 Å². The highest BCUT2D eigenvalue weighted by Crippen LogP contribution is 2.36. The van der Waals surface area contributed by atoms with Gasteiger partial charge in [-0.25, -0.2) is 14.3 Å². The number of amides is 1. The number of nitrogens with two attached hydrogens (primary N) is 1. The van der Waals surface area contributed by atoms with Crippen molar-refractivity contribution < 1.29 is 9.00 Å². The largest absolute Gasteiger partial charge is 0.312 e. The second-order valence-corrected chi connectivity index (χ2v) is 9.63. The van der Waals surface area contributed by atoms with E-state index in [4.69, 9.17) is 5.14 Å². The third kappa shape index (κ3) is 3.33. The smallest absolute Gasteiger partial charge is 0.230 e. The monoisotopic (exact) mass is 423 g/mol. The summed E-state index contributed by atoms with van der Waals surface area (Å²) >= 11 is 1.65. The Morgan fingerprint density at radius 2 is 1.97 bits per heavy atom. The number of carbonyl (C=O) groups is 1. The maximum absolute atomic E-state index is 13.3. The molecular weight excluding hydrogens is 402 g/mol. The highest BCUT2D eigenvalue weighted by atomic mass is 32.2. The second kappa shape index (κ2) is 7.16. The topological polar surface area (TPSA) is 76.3 Å². The van der Waals surface area contributed by atoms with E-state index in [1.165, 1.54) is 11.1 Å². The van der Waals surface area contributed by atoms with Crippen LogP contribution < -0.4 is 10.0 Å². The lowest BCUT2D eigenvalue weighted by Gasteiger charge is -2.21. The van der Waals surface area contributed by atoms with Crippen LogP contribution in [0.5, 0.6) is 0 Å². The molecule has 2 heterocycles. The Hall–Kier alpha value is -2.35. The molecule has 0 fully saturated rings. The van der Waals surface area contributed by atoms with Gasteiger partial charge in [0.1, 0.15) is 16.0 Å². The Balaban J connectivity index is 1.38. The van der Waals surface area contributed by atoms with E-state index in [2.05, 4.69) is 28.6 Å². The van der Waals surface area contributed by atoms with Gasteiger partial charge in [-0.15, -0.1) is 11.3 Å². The highest BCUT2D eigenvalue weighted by Gasteiger charge is 2.34. The van der Waals surface area contributed by atoms with Gasteiger partial charge >= 0.3 is 0 Å². The van der Waals surface area contributed by atoms with Crippen molar-refractivity contribution in [3.63, 3.8) is 0 Å². The Morgan fingerprint density at radius 3 is 2.72 bits per heavy atom. The van der Waals surface area contributed by atoms with Crippen LogP contribution >= 0.6 is 11.3 Å². The molecule has 2 N–H and O–H groups in total. The van der Waals surface area contributed by atoms with Crippen molar-refractivity contribution in [3.8, 4) is 10.6 Å². The van der Waals surface area contributed by atoms with Crippen LogP contribution in [-0.4, -0.2) is 21.6 Å². The van der Waals surface area contributed by atoms with Gasteiger partial charge < -0.3 is 4.90 Å². The van der Waals surface area contributed by atoms with Gasteiger partial charge in [0, 0.05) is 34.8 Å². The SMILES string of the molecule is Cc1csc(-c2ccc3c(c2)CC(C(=O)N2CCc4ccc(S(N)=O)cc42)C3)n1. The first-order valence-electron chi connectivity index (χ1n) is 9.64. The summed E-state index contributed by atoms with van der Waals surface area (Å²) in [4.78, 5) is 20.3. The number of carbonyl (C=O) groups excluding carboxylic acids is 1. The van der Waals surface area contributed by atoms with Crippen molar-refractivity contribution in [3.05, 3.63) is 64.2 Å². The summed E-state index contributed by atoms with van der Waals surface area (Å²) in [5.74, 6) is 0.0859. The number of nitrogens with zero attached hydrogens (tertiary/aromatic N) is 2. The predicted octanol–water partition coefficient (Wildman–Crippen LogP) is 3.40. The number of aromatic nitrogens is 1. The third-order valence-corrected chi connectivity index (χ3v) is 7.53. The quantitative estimate of drug-likeness (QED) is 0.701. The molecule has 5 nitrogen and oxygen atoms in total. The van der Waals surface area contributed by atoms with Gasteiger partial charge in [-0.05, 0) is 61.1 Å². The lowest BCUT2D eigenvalue weighted by molar-refractivity contribution is -0.122. The van der Waals surface area contributed by atoms with Crippen LogP contribution in [0.4, 0.5) is 5.69 Å². The molecule has 0 saturated carbocycles. The molecule has 7 heteroatoms. The summed E-state index contributed by atoms with van der Waals surface area (Å²) in [7, 11) is -1.55. The standard InChI is InChI=1S/C22H21N3O2S2/c1-13-12-28-21(24-13)16-3-2-15-8-18(10-17(15)9-16)22(26)25-7-6-14-4-5-19(29(23)27)11-20(14)25/h2-5,9,11-12,18H,6-8,10,23H2,1H3. The molecule has 1 aromatic heterocycles. The average Bonchev–Trinajstić information content (AvgIpc) is 3.43. The number of rotatable bonds is 3. The first kappa shape index (κ1) is 18.7. The van der Waals surface area contributed by atoms with Crippen LogP contribution in [0.2, 0.25) is 0 Å². The third-order valence-electron chi connectivity index (χ3n) is 5.80. The molecule has 2 aromatic carbocycles. The Morgan fingerprint density at radius 1 is 1.17 bits per heavy atom. The van der Waals surface area contributed by atoms with Crippen molar-refractivity contribution in [1.82, 2.24) is 4.98 Å². The number of fused-ring (bicyclic) bond motifs is 2. The molecule has 2 unspecified atom stereocenters. The zero-order valence-electron chi connectivity index (χ0n) is 16.1. The minimum atomic E-state index is -1.55. The Bertz CT molecular complexity index is 1150. The van der Waals surface area contributed by atoms with Gasteiger partial charge in [0.05, 0.1) is 4.90 Å². The lowest BCUT2D eigenvalue weighted by Crippen LogP contribution is -2.35. The molecule has 0 spiro atoms. The van der Waals surface area contributed by atoms with Gasteiger partial charge in [-0.3, -0.25) is 4.79 Å². The van der Waals surface area contributed by atoms with Crippen molar-refractivity contribution >= 4 is 33.9 Å². The van der Waals surface area contributed by atoms with Gasteiger partial charge in [0.15, 0.2) is 0 Å². The maximum atomic E-state index is 13.3. The summed E-state index contributed by atoms with van der Waals surface area (Å²) in [5, 5.41) is 8.62. The molecule has 29 heavy (non-hydrogen) atoms. The Kier molecular flexibility index (Phi) is 4.61. The van der Waals surface area contributed by atoms with Gasteiger partial charge in [-0.2, -0.15) is 0 Å². The van der Waals surface area contributed by atoms with Crippen molar-refractivity contribution in [1.29, 1.82) is 0 Å². The number of thiazole rings is 1. The molecule has 0 bridgehead atoms. The van der Waals surface area contributed by atoms with Crippen molar-refractivity contribution in [2.45, 2.75) is 31.1 Å². The molecular formula is C22H21N3O2S2. The number of hydrogen-bond acceptors (Lipinski definition) is 4. The average molecular weight is 424 g/mol. The van der Waals surface area contributed by atoms with E-state index in [0.29, 0.717) is 11.4 Å². The zero-order valence-corrected chi connectivity index (χ0v) is 17.7. The number of anilines is 1. The highest BCUT2D eigenvalue weighted by molar-refractivity contribution is 7.82. The Labute approximate surface area is 176 Å². The summed E-state index contributed by atoms with van der Waals surface area (Å²) in [5.41, 5.74) is 6.62. The van der Waals surface area contributed by atoms with Gasteiger partial charge in [0.25, 0.3) is 0 Å². The predicted molar refractivity (Wildman–Crippen MR) is 116 cm³/mol. The number of hydrogen-bond donors (Lipinski definition) is 1. The van der Waals surface area contributed by atoms with E-state index in [0.717, 1.165) is 46.8 Å². The molecule has 5 rings (SSSR count). The second-order valence-electron chi connectivity index (χ2n) is 7.71. The first-order chi connectivity index (χ1) is 14.0. The summed E-state index contributed by atoms with van der Waals surface area (Å²) < 4.78 is 11.7. The van der Waals surface area contributed by atoms with E-state index in [-0.39, 0.29) is 11.8 Å². The van der Waals surface area contributed by atoms with E-state index in [9.17, 15) is 9.00 Å².